The van der Waals surface area contributed by atoms with E-state index in [-0.39, 0.29) is 12.2 Å². The van der Waals surface area contributed by atoms with Crippen LogP contribution >= 0.6 is 0 Å². The molecule has 0 bridgehead atoms. The number of rotatable bonds is 4. The van der Waals surface area contributed by atoms with Gasteiger partial charge in [0.15, 0.2) is 5.79 Å². The number of hydrogen-bond donors (Lipinski definition) is 2. The van der Waals surface area contributed by atoms with Gasteiger partial charge >= 0.3 is 0 Å². The zero-order valence-electron chi connectivity index (χ0n) is 7.42. The molecule has 1 unspecified atom stereocenters. The normalized spacial score (nSPS) is 13.9. The first kappa shape index (κ1) is 11.3. The van der Waals surface area contributed by atoms with Gasteiger partial charge in [0, 0.05) is 17.7 Å². The number of benzene rings is 1. The van der Waals surface area contributed by atoms with Gasteiger partial charge in [-0.25, -0.2) is 0 Å². The standard InChI is InChI=1S/C9H12O4S/c10-9(11,6-7-14(12)13)8-4-2-1-3-5-8/h1-5,10-11H,6-7H2,(H,12,13)/p-1. The molecule has 1 aromatic rings. The minimum atomic E-state index is -2.26. The fraction of sp³-hybridized carbons (Fsp3) is 0.333. The molecule has 0 spiro atoms. The summed E-state index contributed by atoms with van der Waals surface area (Å²) in [5, 5.41) is 19.0. The summed E-state index contributed by atoms with van der Waals surface area (Å²) < 4.78 is 20.5. The van der Waals surface area contributed by atoms with Crippen LogP contribution in [0.15, 0.2) is 30.3 Å². The van der Waals surface area contributed by atoms with E-state index in [0.717, 1.165) is 0 Å². The zero-order valence-corrected chi connectivity index (χ0v) is 8.24. The Balaban J connectivity index is 2.70. The first-order valence-electron chi connectivity index (χ1n) is 4.08. The van der Waals surface area contributed by atoms with E-state index in [1.807, 2.05) is 0 Å². The van der Waals surface area contributed by atoms with E-state index in [1.165, 1.54) is 12.1 Å². The van der Waals surface area contributed by atoms with Crippen LogP contribution in [0.1, 0.15) is 12.0 Å². The van der Waals surface area contributed by atoms with Crippen molar-refractivity contribution in [3.63, 3.8) is 0 Å². The Morgan fingerprint density at radius 2 is 1.86 bits per heavy atom. The van der Waals surface area contributed by atoms with Crippen molar-refractivity contribution in [2.45, 2.75) is 12.2 Å². The second kappa shape index (κ2) is 4.65. The van der Waals surface area contributed by atoms with Gasteiger partial charge in [0.25, 0.3) is 0 Å². The summed E-state index contributed by atoms with van der Waals surface area (Å²) in [7, 11) is 0. The molecular formula is C9H11O4S-. The van der Waals surface area contributed by atoms with Crippen LogP contribution in [0.3, 0.4) is 0 Å². The molecule has 0 saturated heterocycles. The van der Waals surface area contributed by atoms with Gasteiger partial charge in [-0.05, 0) is 0 Å². The average molecular weight is 215 g/mol. The summed E-state index contributed by atoms with van der Waals surface area (Å²) in [5.41, 5.74) is 0.297. The summed E-state index contributed by atoms with van der Waals surface area (Å²) in [6.45, 7) is 0. The molecule has 0 amide bonds. The molecular weight excluding hydrogens is 204 g/mol. The summed E-state index contributed by atoms with van der Waals surface area (Å²) in [4.78, 5) is 0. The van der Waals surface area contributed by atoms with Crippen LogP contribution < -0.4 is 0 Å². The van der Waals surface area contributed by atoms with Gasteiger partial charge in [-0.2, -0.15) is 0 Å². The fourth-order valence-electron chi connectivity index (χ4n) is 1.08. The molecule has 4 nitrogen and oxygen atoms in total. The van der Waals surface area contributed by atoms with Crippen LogP contribution in [0.2, 0.25) is 0 Å². The Bertz CT molecular complexity index is 310. The second-order valence-electron chi connectivity index (χ2n) is 2.94. The lowest BCUT2D eigenvalue weighted by Gasteiger charge is -2.22. The van der Waals surface area contributed by atoms with E-state index in [9.17, 15) is 19.0 Å². The van der Waals surface area contributed by atoms with Gasteiger partial charge in [-0.15, -0.1) is 0 Å². The van der Waals surface area contributed by atoms with Crippen molar-refractivity contribution in [1.29, 1.82) is 0 Å². The lowest BCUT2D eigenvalue weighted by molar-refractivity contribution is -0.170. The van der Waals surface area contributed by atoms with E-state index in [2.05, 4.69) is 0 Å². The van der Waals surface area contributed by atoms with Crippen LogP contribution in [0.4, 0.5) is 0 Å². The maximum Gasteiger partial charge on any atom is 0.190 e. The molecule has 0 aromatic heterocycles. The van der Waals surface area contributed by atoms with Crippen molar-refractivity contribution in [2.75, 3.05) is 5.75 Å². The number of aliphatic hydroxyl groups is 2. The highest BCUT2D eigenvalue weighted by molar-refractivity contribution is 7.79. The Morgan fingerprint density at radius 1 is 1.29 bits per heavy atom. The minimum absolute atomic E-state index is 0.229. The minimum Gasteiger partial charge on any atom is -0.772 e. The lowest BCUT2D eigenvalue weighted by Crippen LogP contribution is -2.27. The van der Waals surface area contributed by atoms with Crippen LogP contribution in [0.25, 0.3) is 0 Å². The van der Waals surface area contributed by atoms with E-state index < -0.39 is 16.9 Å². The van der Waals surface area contributed by atoms with Crippen molar-refractivity contribution >= 4 is 11.1 Å². The molecule has 0 aliphatic carbocycles. The van der Waals surface area contributed by atoms with Gasteiger partial charge in [-0.3, -0.25) is 4.21 Å². The van der Waals surface area contributed by atoms with Crippen LogP contribution in [-0.4, -0.2) is 24.7 Å². The summed E-state index contributed by atoms with van der Waals surface area (Å²) in [6.07, 6.45) is -0.229. The average Bonchev–Trinajstić information content (AvgIpc) is 2.16. The van der Waals surface area contributed by atoms with Crippen molar-refractivity contribution in [2.24, 2.45) is 0 Å². The molecule has 1 atom stereocenters. The van der Waals surface area contributed by atoms with Gasteiger partial charge < -0.3 is 14.8 Å². The predicted molar refractivity (Wildman–Crippen MR) is 51.0 cm³/mol. The molecule has 2 N–H and O–H groups in total. The smallest absolute Gasteiger partial charge is 0.190 e. The first-order valence-corrected chi connectivity index (χ1v) is 5.33. The summed E-state index contributed by atoms with van der Waals surface area (Å²) >= 11 is -2.26. The highest BCUT2D eigenvalue weighted by atomic mass is 32.2. The monoisotopic (exact) mass is 215 g/mol. The van der Waals surface area contributed by atoms with Crippen molar-refractivity contribution < 1.29 is 19.0 Å². The molecule has 0 heterocycles. The van der Waals surface area contributed by atoms with E-state index in [0.29, 0.717) is 5.56 Å². The molecule has 0 aliphatic heterocycles. The Hall–Kier alpha value is -0.750. The van der Waals surface area contributed by atoms with E-state index >= 15 is 0 Å². The topological polar surface area (TPSA) is 80.6 Å². The van der Waals surface area contributed by atoms with Crippen molar-refractivity contribution in [3.05, 3.63) is 35.9 Å². The third-order valence-electron chi connectivity index (χ3n) is 1.85. The second-order valence-corrected chi connectivity index (χ2v) is 3.96. The van der Waals surface area contributed by atoms with Gasteiger partial charge in [0.1, 0.15) is 0 Å². The molecule has 0 radical (unpaired) electrons. The highest BCUT2D eigenvalue weighted by Gasteiger charge is 2.24. The molecule has 78 valence electrons. The molecule has 1 rings (SSSR count). The molecule has 0 aliphatic rings. The fourth-order valence-corrected chi connectivity index (χ4v) is 1.53. The summed E-state index contributed by atoms with van der Waals surface area (Å²) in [6, 6.07) is 8.13. The van der Waals surface area contributed by atoms with Gasteiger partial charge in [0.2, 0.25) is 0 Å². The van der Waals surface area contributed by atoms with Gasteiger partial charge in [0.05, 0.1) is 0 Å². The maximum atomic E-state index is 10.3. The summed E-state index contributed by atoms with van der Waals surface area (Å²) in [5.74, 6) is -2.34. The first-order chi connectivity index (χ1) is 6.52. The van der Waals surface area contributed by atoms with Crippen molar-refractivity contribution in [3.8, 4) is 0 Å². The van der Waals surface area contributed by atoms with Crippen molar-refractivity contribution in [1.82, 2.24) is 0 Å². The SMILES string of the molecule is O=S([O-])CCC(O)(O)c1ccccc1. The highest BCUT2D eigenvalue weighted by Crippen LogP contribution is 2.21. The third kappa shape index (κ3) is 3.19. The maximum absolute atomic E-state index is 10.3. The molecule has 0 saturated carbocycles. The Labute approximate surface area is 84.5 Å². The molecule has 1 aromatic carbocycles. The van der Waals surface area contributed by atoms with Crippen LogP contribution in [0, 0.1) is 0 Å². The van der Waals surface area contributed by atoms with Crippen LogP contribution in [-0.2, 0) is 16.9 Å². The van der Waals surface area contributed by atoms with Gasteiger partial charge in [-0.1, -0.05) is 41.4 Å². The number of hydrogen-bond acceptors (Lipinski definition) is 4. The van der Waals surface area contributed by atoms with E-state index in [4.69, 9.17) is 0 Å². The third-order valence-corrected chi connectivity index (χ3v) is 2.39. The van der Waals surface area contributed by atoms with E-state index in [1.54, 1.807) is 18.2 Å². The largest absolute Gasteiger partial charge is 0.772 e. The Kier molecular flexibility index (Phi) is 3.77. The molecule has 0 fully saturated rings. The van der Waals surface area contributed by atoms with Crippen LogP contribution in [0.5, 0.6) is 0 Å². The molecule has 5 heteroatoms. The predicted octanol–water partition coefficient (Wildman–Crippen LogP) is 0.0932. The lowest BCUT2D eigenvalue weighted by atomic mass is 10.0. The molecule has 14 heavy (non-hydrogen) atoms. The zero-order chi connectivity index (χ0) is 10.6. The Morgan fingerprint density at radius 3 is 2.36 bits per heavy atom. The quantitative estimate of drug-likeness (QED) is 0.551.